The van der Waals surface area contributed by atoms with Crippen LogP contribution in [0, 0.1) is 5.41 Å². The SMILES string of the molecule is CN(CC(F)(F)F)C(=O)CN1CC(C)(C)[C@H]1c1ccncc1. The van der Waals surface area contributed by atoms with Crippen LogP contribution in [0.4, 0.5) is 13.2 Å². The van der Waals surface area contributed by atoms with Crippen LogP contribution in [0.25, 0.3) is 0 Å². The molecule has 2 heterocycles. The number of aromatic nitrogens is 1. The van der Waals surface area contributed by atoms with Gasteiger partial charge < -0.3 is 4.90 Å². The minimum atomic E-state index is -4.37. The first-order chi connectivity index (χ1) is 10.1. The van der Waals surface area contributed by atoms with E-state index in [1.165, 1.54) is 7.05 Å². The third-order valence-electron chi connectivity index (χ3n) is 3.92. The molecule has 1 saturated heterocycles. The molecule has 1 amide bonds. The molecule has 0 unspecified atom stereocenters. The van der Waals surface area contributed by atoms with Gasteiger partial charge in [0.05, 0.1) is 6.54 Å². The smallest absolute Gasteiger partial charge is 0.336 e. The van der Waals surface area contributed by atoms with Crippen LogP contribution in [0.2, 0.25) is 0 Å². The molecule has 2 rings (SSSR count). The number of likely N-dealkylation sites (N-methyl/N-ethyl adjacent to an activating group) is 1. The molecule has 0 bridgehead atoms. The number of likely N-dealkylation sites (tertiary alicyclic amines) is 1. The van der Waals surface area contributed by atoms with Gasteiger partial charge >= 0.3 is 6.18 Å². The van der Waals surface area contributed by atoms with Gasteiger partial charge in [0.2, 0.25) is 5.91 Å². The number of hydrogen-bond acceptors (Lipinski definition) is 3. The van der Waals surface area contributed by atoms with E-state index in [9.17, 15) is 18.0 Å². The molecule has 0 spiro atoms. The molecule has 1 aliphatic rings. The average Bonchev–Trinajstić information content (AvgIpc) is 2.36. The second-order valence-electron chi connectivity index (χ2n) is 6.44. The third kappa shape index (κ3) is 3.76. The number of carbonyl (C=O) groups is 1. The number of hydrogen-bond donors (Lipinski definition) is 0. The summed E-state index contributed by atoms with van der Waals surface area (Å²) in [5.74, 6) is -0.521. The minimum Gasteiger partial charge on any atom is -0.336 e. The standard InChI is InChI=1S/C15H20F3N3O/c1-14(2)9-21(13(14)11-4-6-19-7-5-11)8-12(22)20(3)10-15(16,17)18/h4-7,13H,8-10H2,1-3H3/t13-/m1/s1. The van der Waals surface area contributed by atoms with Crippen LogP contribution in [0.5, 0.6) is 0 Å². The van der Waals surface area contributed by atoms with E-state index in [-0.39, 0.29) is 18.0 Å². The van der Waals surface area contributed by atoms with E-state index in [4.69, 9.17) is 0 Å². The lowest BCUT2D eigenvalue weighted by atomic mass is 9.72. The highest BCUT2D eigenvalue weighted by atomic mass is 19.4. The molecule has 7 heteroatoms. The van der Waals surface area contributed by atoms with Gasteiger partial charge in [-0.1, -0.05) is 13.8 Å². The van der Waals surface area contributed by atoms with Gasteiger partial charge in [0.25, 0.3) is 0 Å². The average molecular weight is 315 g/mol. The van der Waals surface area contributed by atoms with Gasteiger partial charge in [-0.25, -0.2) is 0 Å². The van der Waals surface area contributed by atoms with E-state index in [1.807, 2.05) is 17.0 Å². The highest BCUT2D eigenvalue weighted by Crippen LogP contribution is 2.47. The van der Waals surface area contributed by atoms with Crippen LogP contribution in [0.3, 0.4) is 0 Å². The molecule has 1 aromatic rings. The maximum atomic E-state index is 12.3. The number of carbonyl (C=O) groups excluding carboxylic acids is 1. The van der Waals surface area contributed by atoms with Gasteiger partial charge in [0.1, 0.15) is 6.54 Å². The Balaban J connectivity index is 2.02. The maximum absolute atomic E-state index is 12.3. The Kier molecular flexibility index (Phi) is 4.47. The number of amides is 1. The zero-order chi connectivity index (χ0) is 16.5. The second kappa shape index (κ2) is 5.87. The van der Waals surface area contributed by atoms with Crippen molar-refractivity contribution < 1.29 is 18.0 Å². The Morgan fingerprint density at radius 2 is 2.00 bits per heavy atom. The summed E-state index contributed by atoms with van der Waals surface area (Å²) in [6, 6.07) is 3.77. The molecule has 0 saturated carbocycles. The lowest BCUT2D eigenvalue weighted by Gasteiger charge is -2.54. The van der Waals surface area contributed by atoms with Crippen LogP contribution in [0.15, 0.2) is 24.5 Å². The summed E-state index contributed by atoms with van der Waals surface area (Å²) < 4.78 is 37.0. The molecule has 1 aliphatic heterocycles. The van der Waals surface area contributed by atoms with E-state index in [0.29, 0.717) is 6.54 Å². The topological polar surface area (TPSA) is 36.4 Å². The Labute approximate surface area is 127 Å². The Bertz CT molecular complexity index is 531. The molecule has 22 heavy (non-hydrogen) atoms. The largest absolute Gasteiger partial charge is 0.406 e. The van der Waals surface area contributed by atoms with E-state index in [0.717, 1.165) is 10.5 Å². The van der Waals surface area contributed by atoms with Crippen molar-refractivity contribution in [1.29, 1.82) is 0 Å². The summed E-state index contributed by atoms with van der Waals surface area (Å²) in [6.45, 7) is 3.61. The number of pyridine rings is 1. The van der Waals surface area contributed by atoms with Gasteiger partial charge in [-0.3, -0.25) is 14.7 Å². The monoisotopic (exact) mass is 315 g/mol. The minimum absolute atomic E-state index is 0.0109. The lowest BCUT2D eigenvalue weighted by Crippen LogP contribution is -2.58. The molecule has 0 aliphatic carbocycles. The fraction of sp³-hybridized carbons (Fsp3) is 0.600. The first-order valence-electron chi connectivity index (χ1n) is 7.05. The van der Waals surface area contributed by atoms with E-state index < -0.39 is 18.6 Å². The normalized spacial score (nSPS) is 21.3. The van der Waals surface area contributed by atoms with Gasteiger partial charge in [-0.2, -0.15) is 13.2 Å². The van der Waals surface area contributed by atoms with E-state index >= 15 is 0 Å². The number of halogens is 3. The molecule has 122 valence electrons. The highest BCUT2D eigenvalue weighted by Gasteiger charge is 2.47. The molecular formula is C15H20F3N3O. The zero-order valence-electron chi connectivity index (χ0n) is 12.9. The molecule has 0 aromatic carbocycles. The van der Waals surface area contributed by atoms with Crippen molar-refractivity contribution in [2.75, 3.05) is 26.7 Å². The van der Waals surface area contributed by atoms with Crippen LogP contribution >= 0.6 is 0 Å². The predicted molar refractivity (Wildman–Crippen MR) is 76.0 cm³/mol. The maximum Gasteiger partial charge on any atom is 0.406 e. The molecule has 1 aromatic heterocycles. The summed E-state index contributed by atoms with van der Waals surface area (Å²) in [4.78, 5) is 18.6. The van der Waals surface area contributed by atoms with Crippen molar-refractivity contribution in [3.63, 3.8) is 0 Å². The quantitative estimate of drug-likeness (QED) is 0.856. The van der Waals surface area contributed by atoms with Crippen molar-refractivity contribution in [2.24, 2.45) is 5.41 Å². The first-order valence-corrected chi connectivity index (χ1v) is 7.05. The summed E-state index contributed by atoms with van der Waals surface area (Å²) in [5, 5.41) is 0. The summed E-state index contributed by atoms with van der Waals surface area (Å²) >= 11 is 0. The van der Waals surface area contributed by atoms with Crippen LogP contribution in [-0.2, 0) is 4.79 Å². The van der Waals surface area contributed by atoms with Crippen LogP contribution < -0.4 is 0 Å². The Morgan fingerprint density at radius 3 is 2.50 bits per heavy atom. The van der Waals surface area contributed by atoms with E-state index in [2.05, 4.69) is 18.8 Å². The molecular weight excluding hydrogens is 295 g/mol. The lowest BCUT2D eigenvalue weighted by molar-refractivity contribution is -0.162. The van der Waals surface area contributed by atoms with Crippen LogP contribution in [-0.4, -0.2) is 53.5 Å². The van der Waals surface area contributed by atoms with Gasteiger partial charge in [-0.15, -0.1) is 0 Å². The first kappa shape index (κ1) is 16.7. The zero-order valence-corrected chi connectivity index (χ0v) is 12.9. The summed E-state index contributed by atoms with van der Waals surface area (Å²) in [5.41, 5.74) is 1.00. The molecule has 1 atom stereocenters. The molecule has 1 fully saturated rings. The van der Waals surface area contributed by atoms with Crippen molar-refractivity contribution >= 4 is 5.91 Å². The highest BCUT2D eigenvalue weighted by molar-refractivity contribution is 5.78. The molecule has 0 radical (unpaired) electrons. The summed E-state index contributed by atoms with van der Waals surface area (Å²) in [6.07, 6.45) is -1.01. The fourth-order valence-electron chi connectivity index (χ4n) is 3.09. The Hall–Kier alpha value is -1.63. The summed E-state index contributed by atoms with van der Waals surface area (Å²) in [7, 11) is 1.18. The van der Waals surface area contributed by atoms with Gasteiger partial charge in [-0.05, 0) is 23.1 Å². The predicted octanol–water partition coefficient (Wildman–Crippen LogP) is 2.49. The number of nitrogens with zero attached hydrogens (tertiary/aromatic N) is 3. The van der Waals surface area contributed by atoms with E-state index in [1.54, 1.807) is 12.4 Å². The van der Waals surface area contributed by atoms with Gasteiger partial charge in [0.15, 0.2) is 0 Å². The van der Waals surface area contributed by atoms with Crippen molar-refractivity contribution in [3.05, 3.63) is 30.1 Å². The van der Waals surface area contributed by atoms with Crippen molar-refractivity contribution in [2.45, 2.75) is 26.1 Å². The molecule has 0 N–H and O–H groups in total. The number of rotatable bonds is 4. The fourth-order valence-corrected chi connectivity index (χ4v) is 3.09. The molecule has 4 nitrogen and oxygen atoms in total. The van der Waals surface area contributed by atoms with Crippen molar-refractivity contribution in [1.82, 2.24) is 14.8 Å². The second-order valence-corrected chi connectivity index (χ2v) is 6.44. The van der Waals surface area contributed by atoms with Crippen LogP contribution in [0.1, 0.15) is 25.5 Å². The third-order valence-corrected chi connectivity index (χ3v) is 3.92. The van der Waals surface area contributed by atoms with Crippen molar-refractivity contribution in [3.8, 4) is 0 Å². The Morgan fingerprint density at radius 1 is 1.41 bits per heavy atom. The van der Waals surface area contributed by atoms with Gasteiger partial charge in [0, 0.05) is 32.0 Å². The number of alkyl halides is 3.